The normalized spacial score (nSPS) is 18.9. The first-order valence-corrected chi connectivity index (χ1v) is 18.4. The van der Waals surface area contributed by atoms with Gasteiger partial charge >= 0.3 is 0 Å². The standard InChI is InChI=1S/C39H48Cl2N2O4/c40-32-15-17-33(36(41)27-32)29-10-12-31(13-11-29)39(44)42-20-4-5-21-43-22-18-30(19-23-43)35-16-14-28-7-1-2-8-34(28)38(35)47-26-25-46-37-9-3-6-24-45-37/h10-17,27,30,37H,1-9,18-26H2,(H,42,44). The summed E-state index contributed by atoms with van der Waals surface area (Å²) in [5, 5.41) is 4.28. The van der Waals surface area contributed by atoms with Gasteiger partial charge < -0.3 is 24.4 Å². The van der Waals surface area contributed by atoms with Gasteiger partial charge in [0.15, 0.2) is 6.29 Å². The predicted octanol–water partition coefficient (Wildman–Crippen LogP) is 8.85. The van der Waals surface area contributed by atoms with Crippen molar-refractivity contribution < 1.29 is 19.0 Å². The van der Waals surface area contributed by atoms with Gasteiger partial charge in [0.2, 0.25) is 0 Å². The third-order valence-electron chi connectivity index (χ3n) is 9.89. The molecule has 47 heavy (non-hydrogen) atoms. The zero-order chi connectivity index (χ0) is 32.4. The Hall–Kier alpha value is -2.61. The Bertz CT molecular complexity index is 1470. The summed E-state index contributed by atoms with van der Waals surface area (Å²) in [5.41, 5.74) is 6.81. The Morgan fingerprint density at radius 3 is 2.51 bits per heavy atom. The van der Waals surface area contributed by atoms with Crippen LogP contribution in [0.2, 0.25) is 10.0 Å². The number of piperidine rings is 1. The second-order valence-electron chi connectivity index (χ2n) is 13.1. The number of ether oxygens (including phenoxy) is 3. The van der Waals surface area contributed by atoms with Crippen LogP contribution in [0.25, 0.3) is 11.1 Å². The van der Waals surface area contributed by atoms with Crippen LogP contribution in [0, 0.1) is 0 Å². The number of benzene rings is 3. The van der Waals surface area contributed by atoms with E-state index in [0.29, 0.717) is 41.3 Å². The Morgan fingerprint density at radius 2 is 1.72 bits per heavy atom. The summed E-state index contributed by atoms with van der Waals surface area (Å²) >= 11 is 12.4. The molecule has 0 spiro atoms. The molecular weight excluding hydrogens is 631 g/mol. The number of nitrogens with zero attached hydrogens (tertiary/aromatic N) is 1. The minimum absolute atomic E-state index is 0.0449. The quantitative estimate of drug-likeness (QED) is 0.183. The van der Waals surface area contributed by atoms with Crippen molar-refractivity contribution >= 4 is 29.1 Å². The Kier molecular flexibility index (Phi) is 12.5. The molecule has 0 radical (unpaired) electrons. The minimum Gasteiger partial charge on any atom is -0.491 e. The highest BCUT2D eigenvalue weighted by atomic mass is 35.5. The smallest absolute Gasteiger partial charge is 0.251 e. The first kappa shape index (κ1) is 34.3. The summed E-state index contributed by atoms with van der Waals surface area (Å²) in [4.78, 5) is 15.3. The minimum atomic E-state index is -0.0729. The maximum Gasteiger partial charge on any atom is 0.251 e. The number of fused-ring (bicyclic) bond motifs is 1. The van der Waals surface area contributed by atoms with Gasteiger partial charge in [0, 0.05) is 34.3 Å². The third-order valence-corrected chi connectivity index (χ3v) is 10.4. The summed E-state index contributed by atoms with van der Waals surface area (Å²) in [6.07, 6.45) is 12.3. The highest BCUT2D eigenvalue weighted by Crippen LogP contribution is 2.40. The van der Waals surface area contributed by atoms with Gasteiger partial charge in [-0.2, -0.15) is 0 Å². The molecule has 1 aliphatic carbocycles. The van der Waals surface area contributed by atoms with Crippen molar-refractivity contribution in [2.24, 2.45) is 0 Å². The number of rotatable bonds is 13. The molecule has 1 unspecified atom stereocenters. The van der Waals surface area contributed by atoms with Crippen LogP contribution in [-0.2, 0) is 22.3 Å². The van der Waals surface area contributed by atoms with E-state index >= 15 is 0 Å². The summed E-state index contributed by atoms with van der Waals surface area (Å²) < 4.78 is 18.3. The second kappa shape index (κ2) is 17.2. The van der Waals surface area contributed by atoms with Crippen LogP contribution in [0.1, 0.15) is 90.8 Å². The van der Waals surface area contributed by atoms with Crippen molar-refractivity contribution in [1.82, 2.24) is 10.2 Å². The predicted molar refractivity (Wildman–Crippen MR) is 190 cm³/mol. The van der Waals surface area contributed by atoms with E-state index in [2.05, 4.69) is 22.3 Å². The zero-order valence-electron chi connectivity index (χ0n) is 27.4. The van der Waals surface area contributed by atoms with Crippen molar-refractivity contribution in [1.29, 1.82) is 0 Å². The number of amides is 1. The van der Waals surface area contributed by atoms with Gasteiger partial charge in [-0.05, 0) is 143 Å². The van der Waals surface area contributed by atoms with Gasteiger partial charge in [0.05, 0.1) is 6.61 Å². The van der Waals surface area contributed by atoms with E-state index in [9.17, 15) is 4.79 Å². The number of carbonyl (C=O) groups excluding carboxylic acids is 1. The summed E-state index contributed by atoms with van der Waals surface area (Å²) in [5.74, 6) is 1.63. The van der Waals surface area contributed by atoms with Crippen LogP contribution in [0.3, 0.4) is 0 Å². The molecule has 3 aliphatic rings. The van der Waals surface area contributed by atoms with Crippen LogP contribution in [0.4, 0.5) is 0 Å². The van der Waals surface area contributed by atoms with E-state index in [0.717, 1.165) is 94.5 Å². The molecular formula is C39H48Cl2N2O4. The molecule has 1 amide bonds. The number of halogens is 2. The summed E-state index contributed by atoms with van der Waals surface area (Å²) in [6.45, 7) is 5.87. The van der Waals surface area contributed by atoms with Crippen molar-refractivity contribution in [3.8, 4) is 16.9 Å². The van der Waals surface area contributed by atoms with E-state index in [1.165, 1.54) is 36.0 Å². The number of hydrogen-bond acceptors (Lipinski definition) is 5. The van der Waals surface area contributed by atoms with Crippen molar-refractivity contribution in [3.63, 3.8) is 0 Å². The van der Waals surface area contributed by atoms with E-state index < -0.39 is 0 Å². The number of likely N-dealkylation sites (tertiary alicyclic amines) is 1. The van der Waals surface area contributed by atoms with Gasteiger partial charge in [-0.15, -0.1) is 0 Å². The SMILES string of the molecule is O=C(NCCCCN1CCC(c2ccc3c(c2OCCOC2CCCCO2)CCCC3)CC1)c1ccc(-c2ccc(Cl)cc2Cl)cc1. The largest absolute Gasteiger partial charge is 0.491 e. The number of unbranched alkanes of at least 4 members (excludes halogenated alkanes) is 1. The number of carbonyl (C=O) groups is 1. The topological polar surface area (TPSA) is 60.0 Å². The molecule has 0 saturated carbocycles. The number of hydrogen-bond donors (Lipinski definition) is 1. The molecule has 2 aliphatic heterocycles. The molecule has 6 nitrogen and oxygen atoms in total. The lowest BCUT2D eigenvalue weighted by Gasteiger charge is -2.34. The van der Waals surface area contributed by atoms with Gasteiger partial charge in [0.1, 0.15) is 12.4 Å². The molecule has 6 rings (SSSR count). The van der Waals surface area contributed by atoms with E-state index in [4.69, 9.17) is 37.4 Å². The Balaban J connectivity index is 0.926. The highest BCUT2D eigenvalue weighted by Gasteiger charge is 2.26. The fourth-order valence-electron chi connectivity index (χ4n) is 7.23. The lowest BCUT2D eigenvalue weighted by Crippen LogP contribution is -2.34. The van der Waals surface area contributed by atoms with Crippen LogP contribution < -0.4 is 10.1 Å². The maximum absolute atomic E-state index is 12.7. The molecule has 252 valence electrons. The van der Waals surface area contributed by atoms with Crippen LogP contribution >= 0.6 is 23.2 Å². The van der Waals surface area contributed by atoms with Crippen LogP contribution in [0.5, 0.6) is 5.75 Å². The number of aryl methyl sites for hydroxylation is 1. The molecule has 1 N–H and O–H groups in total. The lowest BCUT2D eigenvalue weighted by molar-refractivity contribution is -0.165. The van der Waals surface area contributed by atoms with E-state index in [1.807, 2.05) is 36.4 Å². The van der Waals surface area contributed by atoms with E-state index in [1.54, 1.807) is 6.07 Å². The van der Waals surface area contributed by atoms with Gasteiger partial charge in [-0.3, -0.25) is 4.79 Å². The average Bonchev–Trinajstić information content (AvgIpc) is 3.11. The van der Waals surface area contributed by atoms with Gasteiger partial charge in [-0.1, -0.05) is 53.5 Å². The lowest BCUT2D eigenvalue weighted by atomic mass is 9.83. The maximum atomic E-state index is 12.7. The Labute approximate surface area is 290 Å². The highest BCUT2D eigenvalue weighted by molar-refractivity contribution is 6.36. The summed E-state index contributed by atoms with van der Waals surface area (Å²) in [6, 6.07) is 17.7. The van der Waals surface area contributed by atoms with Crippen molar-refractivity contribution in [3.05, 3.63) is 86.9 Å². The van der Waals surface area contributed by atoms with Crippen molar-refractivity contribution in [2.75, 3.05) is 46.0 Å². The first-order valence-electron chi connectivity index (χ1n) is 17.6. The van der Waals surface area contributed by atoms with Gasteiger partial charge in [-0.25, -0.2) is 0 Å². The zero-order valence-corrected chi connectivity index (χ0v) is 28.9. The fraction of sp³-hybridized carbons (Fsp3) is 0.513. The molecule has 2 heterocycles. The molecule has 0 bridgehead atoms. The van der Waals surface area contributed by atoms with E-state index in [-0.39, 0.29) is 12.2 Å². The number of nitrogens with one attached hydrogen (secondary N) is 1. The molecule has 2 saturated heterocycles. The average molecular weight is 680 g/mol. The van der Waals surface area contributed by atoms with Gasteiger partial charge in [0.25, 0.3) is 5.91 Å². The third kappa shape index (κ3) is 9.30. The Morgan fingerprint density at radius 1 is 0.894 bits per heavy atom. The summed E-state index contributed by atoms with van der Waals surface area (Å²) in [7, 11) is 0. The molecule has 2 fully saturated rings. The second-order valence-corrected chi connectivity index (χ2v) is 14.0. The molecule has 0 aromatic heterocycles. The first-order chi connectivity index (χ1) is 23.0. The van der Waals surface area contributed by atoms with Crippen LogP contribution in [0.15, 0.2) is 54.6 Å². The molecule has 3 aromatic rings. The molecule has 1 atom stereocenters. The monoisotopic (exact) mass is 678 g/mol. The fourth-order valence-corrected chi connectivity index (χ4v) is 7.74. The van der Waals surface area contributed by atoms with Crippen molar-refractivity contribution in [2.45, 2.75) is 82.8 Å². The molecule has 3 aromatic carbocycles. The van der Waals surface area contributed by atoms with Crippen LogP contribution in [-0.4, -0.2) is 63.1 Å². The molecule has 8 heteroatoms.